The van der Waals surface area contributed by atoms with Gasteiger partial charge < -0.3 is 0 Å². The molecule has 19 heavy (non-hydrogen) atoms. The zero-order valence-electron chi connectivity index (χ0n) is 11.5. The lowest BCUT2D eigenvalue weighted by atomic mass is 9.98. The summed E-state index contributed by atoms with van der Waals surface area (Å²) in [4.78, 5) is 0.352. The minimum Gasteiger partial charge on any atom is -0.0835 e. The largest absolute Gasteiger partial charge is 0.0835 e. The van der Waals surface area contributed by atoms with Gasteiger partial charge in [0.15, 0.2) is 0 Å². The summed E-state index contributed by atoms with van der Waals surface area (Å²) in [6.45, 7) is 6.44. The van der Waals surface area contributed by atoms with Gasteiger partial charge in [0.05, 0.1) is 0 Å². The summed E-state index contributed by atoms with van der Waals surface area (Å²) in [6.07, 6.45) is 1.02. The lowest BCUT2D eigenvalue weighted by Crippen LogP contribution is -1.98. The van der Waals surface area contributed by atoms with Gasteiger partial charge in [-0.1, -0.05) is 67.8 Å². The Balaban J connectivity index is 2.22. The second-order valence-electron chi connectivity index (χ2n) is 5.11. The summed E-state index contributed by atoms with van der Waals surface area (Å²) in [5.41, 5.74) is 6.69. The van der Waals surface area contributed by atoms with E-state index in [1.165, 1.54) is 32.3 Å². The fraction of sp³-hybridized carbons (Fsp3) is 0.294. The van der Waals surface area contributed by atoms with Crippen LogP contribution in [-0.4, -0.2) is 0 Å². The van der Waals surface area contributed by atoms with Gasteiger partial charge in [-0.2, -0.15) is 0 Å². The van der Waals surface area contributed by atoms with Crippen LogP contribution < -0.4 is 0 Å². The third-order valence-electron chi connectivity index (χ3n) is 3.46. The maximum atomic E-state index is 3.82. The van der Waals surface area contributed by atoms with Gasteiger partial charge in [-0.3, -0.25) is 0 Å². The molecule has 0 amide bonds. The molecular formula is C17H18Br2. The van der Waals surface area contributed by atoms with Crippen molar-refractivity contribution >= 4 is 31.9 Å². The molecule has 2 heteroatoms. The molecule has 0 saturated heterocycles. The van der Waals surface area contributed by atoms with Crippen molar-refractivity contribution in [2.75, 3.05) is 0 Å². The van der Waals surface area contributed by atoms with Crippen molar-refractivity contribution in [3.63, 3.8) is 0 Å². The van der Waals surface area contributed by atoms with E-state index in [1.807, 2.05) is 0 Å². The average molecular weight is 382 g/mol. The normalized spacial score (nSPS) is 12.5. The minimum atomic E-state index is 0.352. The second-order valence-corrected chi connectivity index (χ2v) is 7.07. The fourth-order valence-electron chi connectivity index (χ4n) is 2.14. The van der Waals surface area contributed by atoms with E-state index in [0.717, 1.165) is 6.42 Å². The summed E-state index contributed by atoms with van der Waals surface area (Å²) >= 11 is 7.42. The predicted molar refractivity (Wildman–Crippen MR) is 90.2 cm³/mol. The summed E-state index contributed by atoms with van der Waals surface area (Å²) in [6, 6.07) is 13.2. The Morgan fingerprint density at radius 1 is 0.947 bits per heavy atom. The summed E-state index contributed by atoms with van der Waals surface area (Å²) in [7, 11) is 0. The molecule has 2 aromatic carbocycles. The number of halogens is 2. The lowest BCUT2D eigenvalue weighted by molar-refractivity contribution is 0.934. The molecule has 1 atom stereocenters. The molecule has 0 aromatic heterocycles. The van der Waals surface area contributed by atoms with Crippen molar-refractivity contribution in [3.05, 3.63) is 68.7 Å². The molecule has 1 unspecified atom stereocenters. The van der Waals surface area contributed by atoms with Gasteiger partial charge in [-0.15, -0.1) is 0 Å². The van der Waals surface area contributed by atoms with Gasteiger partial charge in [0.1, 0.15) is 0 Å². The van der Waals surface area contributed by atoms with E-state index in [9.17, 15) is 0 Å². The first-order valence-electron chi connectivity index (χ1n) is 6.43. The van der Waals surface area contributed by atoms with Crippen LogP contribution in [-0.2, 0) is 6.42 Å². The Hall–Kier alpha value is -0.600. The maximum Gasteiger partial charge on any atom is 0.0436 e. The molecule has 2 rings (SSSR count). The van der Waals surface area contributed by atoms with Crippen LogP contribution in [0.4, 0.5) is 0 Å². The monoisotopic (exact) mass is 380 g/mol. The lowest BCUT2D eigenvalue weighted by Gasteiger charge is -2.14. The van der Waals surface area contributed by atoms with E-state index in [1.54, 1.807) is 0 Å². The molecule has 100 valence electrons. The third-order valence-corrected chi connectivity index (χ3v) is 5.17. The summed E-state index contributed by atoms with van der Waals surface area (Å²) < 4.78 is 1.18. The number of aryl methyl sites for hydroxylation is 3. The first-order valence-corrected chi connectivity index (χ1v) is 8.14. The highest BCUT2D eigenvalue weighted by molar-refractivity contribution is 9.10. The number of benzene rings is 2. The van der Waals surface area contributed by atoms with Crippen LogP contribution in [0, 0.1) is 20.8 Å². The average Bonchev–Trinajstić information content (AvgIpc) is 2.37. The van der Waals surface area contributed by atoms with Crippen molar-refractivity contribution < 1.29 is 0 Å². The molecule has 0 nitrogen and oxygen atoms in total. The van der Waals surface area contributed by atoms with Crippen LogP contribution >= 0.6 is 31.9 Å². The van der Waals surface area contributed by atoms with Gasteiger partial charge in [0, 0.05) is 9.30 Å². The first kappa shape index (κ1) is 14.8. The minimum absolute atomic E-state index is 0.352. The Bertz CT molecular complexity index is 588. The van der Waals surface area contributed by atoms with Crippen molar-refractivity contribution in [1.29, 1.82) is 0 Å². The molecule has 0 fully saturated rings. The highest BCUT2D eigenvalue weighted by Crippen LogP contribution is 2.31. The van der Waals surface area contributed by atoms with Crippen LogP contribution in [0.2, 0.25) is 0 Å². The summed E-state index contributed by atoms with van der Waals surface area (Å²) in [5.74, 6) is 0. The SMILES string of the molecule is Cc1ccc(C)c(CC(Br)c2ccc(C)c(Br)c2)c1. The van der Waals surface area contributed by atoms with Gasteiger partial charge in [-0.05, 0) is 55.5 Å². The Labute approximate surface area is 132 Å². The molecule has 0 bridgehead atoms. The smallest absolute Gasteiger partial charge is 0.0436 e. The first-order chi connectivity index (χ1) is 8.97. The van der Waals surface area contributed by atoms with Crippen LogP contribution in [0.1, 0.15) is 32.6 Å². The topological polar surface area (TPSA) is 0 Å². The summed E-state index contributed by atoms with van der Waals surface area (Å²) in [5, 5.41) is 0. The molecule has 0 spiro atoms. The van der Waals surface area contributed by atoms with Gasteiger partial charge in [-0.25, -0.2) is 0 Å². The standard InChI is InChI=1S/C17H18Br2/c1-11-4-5-12(2)15(8-11)10-17(19)14-7-6-13(3)16(18)9-14/h4-9,17H,10H2,1-3H3. The quantitative estimate of drug-likeness (QED) is 0.567. The fourth-order valence-corrected chi connectivity index (χ4v) is 3.17. The van der Waals surface area contributed by atoms with Crippen molar-refractivity contribution in [1.82, 2.24) is 0 Å². The number of rotatable bonds is 3. The maximum absolute atomic E-state index is 3.82. The van der Waals surface area contributed by atoms with Crippen molar-refractivity contribution in [2.45, 2.75) is 32.0 Å². The number of alkyl halides is 1. The van der Waals surface area contributed by atoms with Crippen LogP contribution in [0.3, 0.4) is 0 Å². The second kappa shape index (κ2) is 6.23. The van der Waals surface area contributed by atoms with Crippen LogP contribution in [0.5, 0.6) is 0 Å². The van der Waals surface area contributed by atoms with E-state index >= 15 is 0 Å². The van der Waals surface area contributed by atoms with E-state index < -0.39 is 0 Å². The zero-order valence-corrected chi connectivity index (χ0v) is 14.7. The highest BCUT2D eigenvalue weighted by Gasteiger charge is 2.11. The number of hydrogen-bond donors (Lipinski definition) is 0. The Morgan fingerprint density at radius 3 is 2.32 bits per heavy atom. The van der Waals surface area contributed by atoms with Gasteiger partial charge in [0.2, 0.25) is 0 Å². The van der Waals surface area contributed by atoms with Crippen LogP contribution in [0.15, 0.2) is 40.9 Å². The molecular weight excluding hydrogens is 364 g/mol. The van der Waals surface area contributed by atoms with Crippen molar-refractivity contribution in [3.8, 4) is 0 Å². The Morgan fingerprint density at radius 2 is 1.63 bits per heavy atom. The van der Waals surface area contributed by atoms with Crippen LogP contribution in [0.25, 0.3) is 0 Å². The van der Waals surface area contributed by atoms with E-state index in [4.69, 9.17) is 0 Å². The number of hydrogen-bond acceptors (Lipinski definition) is 0. The predicted octanol–water partition coefficient (Wildman–Crippen LogP) is 6.05. The molecule has 0 radical (unpaired) electrons. The molecule has 0 aliphatic heterocycles. The van der Waals surface area contributed by atoms with E-state index in [0.29, 0.717) is 4.83 Å². The molecule has 0 aliphatic rings. The highest BCUT2D eigenvalue weighted by atomic mass is 79.9. The molecule has 0 saturated carbocycles. The van der Waals surface area contributed by atoms with Gasteiger partial charge in [0.25, 0.3) is 0 Å². The van der Waals surface area contributed by atoms with Gasteiger partial charge >= 0.3 is 0 Å². The van der Waals surface area contributed by atoms with Crippen molar-refractivity contribution in [2.24, 2.45) is 0 Å². The molecule has 0 aliphatic carbocycles. The van der Waals surface area contributed by atoms with E-state index in [-0.39, 0.29) is 0 Å². The molecule has 0 N–H and O–H groups in total. The zero-order chi connectivity index (χ0) is 14.0. The molecule has 2 aromatic rings. The Kier molecular flexibility index (Phi) is 4.86. The third kappa shape index (κ3) is 3.70. The molecule has 0 heterocycles. The van der Waals surface area contributed by atoms with E-state index in [2.05, 4.69) is 89.0 Å².